The number of hydrogen-bond acceptors (Lipinski definition) is 4. The largest absolute Gasteiger partial charge is 0.476 e. The maximum absolute atomic E-state index is 11.1. The van der Waals surface area contributed by atoms with Crippen molar-refractivity contribution >= 4 is 21.9 Å². The fraction of sp³-hybridized carbons (Fsp3) is 0.231. The summed E-state index contributed by atoms with van der Waals surface area (Å²) in [5, 5.41) is 13.1. The van der Waals surface area contributed by atoms with Crippen LogP contribution in [0.4, 0.5) is 0 Å². The monoisotopic (exact) mass is 338 g/mol. The van der Waals surface area contributed by atoms with Gasteiger partial charge in [0.15, 0.2) is 17.2 Å². The van der Waals surface area contributed by atoms with Gasteiger partial charge in [-0.15, -0.1) is 0 Å². The molecule has 2 aromatic rings. The topological polar surface area (TPSA) is 73.6 Å². The molecule has 0 radical (unpaired) electrons. The number of fused-ring (bicyclic) bond motifs is 1. The average molecular weight is 339 g/mol. The number of benzene rings is 1. The third kappa shape index (κ3) is 1.85. The lowest BCUT2D eigenvalue weighted by atomic mass is 10.0. The minimum atomic E-state index is -1.07. The molecule has 0 bridgehead atoms. The van der Waals surface area contributed by atoms with Gasteiger partial charge in [0.1, 0.15) is 0 Å². The zero-order chi connectivity index (χ0) is 14.4. The molecule has 1 aromatic carbocycles. The van der Waals surface area contributed by atoms with Crippen molar-refractivity contribution in [1.29, 1.82) is 0 Å². The van der Waals surface area contributed by atoms with Gasteiger partial charge in [-0.3, -0.25) is 4.68 Å². The molecule has 2 heterocycles. The Morgan fingerprint density at radius 1 is 1.40 bits per heavy atom. The van der Waals surface area contributed by atoms with E-state index in [2.05, 4.69) is 21.0 Å². The van der Waals surface area contributed by atoms with Crippen LogP contribution in [0.2, 0.25) is 0 Å². The van der Waals surface area contributed by atoms with Crippen LogP contribution in [0, 0.1) is 6.92 Å². The summed E-state index contributed by atoms with van der Waals surface area (Å²) >= 11 is 3.32. The van der Waals surface area contributed by atoms with Crippen LogP contribution in [0.1, 0.15) is 16.1 Å². The molecule has 6 nitrogen and oxygen atoms in total. The number of nitrogens with zero attached hydrogens (tertiary/aromatic N) is 2. The highest BCUT2D eigenvalue weighted by atomic mass is 79.9. The molecule has 0 spiro atoms. The summed E-state index contributed by atoms with van der Waals surface area (Å²) in [6, 6.07) is 3.71. The molecule has 1 aromatic heterocycles. The van der Waals surface area contributed by atoms with Gasteiger partial charge >= 0.3 is 5.97 Å². The summed E-state index contributed by atoms with van der Waals surface area (Å²) in [6.07, 6.45) is 0. The predicted octanol–water partition coefficient (Wildman–Crippen LogP) is 2.58. The van der Waals surface area contributed by atoms with Gasteiger partial charge in [0, 0.05) is 12.6 Å². The number of halogens is 1. The summed E-state index contributed by atoms with van der Waals surface area (Å²) in [5.74, 6) is 0.274. The zero-order valence-electron chi connectivity index (χ0n) is 10.8. The Balaban J connectivity index is 2.22. The van der Waals surface area contributed by atoms with E-state index in [0.29, 0.717) is 21.7 Å². The Morgan fingerprint density at radius 3 is 2.65 bits per heavy atom. The minimum Gasteiger partial charge on any atom is -0.476 e. The lowest BCUT2D eigenvalue weighted by Crippen LogP contribution is -1.99. The lowest BCUT2D eigenvalue weighted by molar-refractivity contribution is 0.0688. The van der Waals surface area contributed by atoms with Crippen LogP contribution in [-0.4, -0.2) is 27.6 Å². The van der Waals surface area contributed by atoms with E-state index >= 15 is 0 Å². The van der Waals surface area contributed by atoms with Crippen molar-refractivity contribution in [2.75, 3.05) is 6.79 Å². The quantitative estimate of drug-likeness (QED) is 0.910. The van der Waals surface area contributed by atoms with E-state index in [0.717, 1.165) is 11.1 Å². The second-order valence-corrected chi connectivity index (χ2v) is 5.25. The predicted molar refractivity (Wildman–Crippen MR) is 74.2 cm³/mol. The lowest BCUT2D eigenvalue weighted by Gasteiger charge is -2.08. The molecular weight excluding hydrogens is 328 g/mol. The van der Waals surface area contributed by atoms with Crippen molar-refractivity contribution in [3.8, 4) is 22.8 Å². The van der Waals surface area contributed by atoms with Gasteiger partial charge in [-0.2, -0.15) is 5.10 Å². The fourth-order valence-electron chi connectivity index (χ4n) is 2.23. The number of rotatable bonds is 2. The van der Waals surface area contributed by atoms with Gasteiger partial charge in [0.05, 0.1) is 10.2 Å². The van der Waals surface area contributed by atoms with E-state index in [-0.39, 0.29) is 12.5 Å². The summed E-state index contributed by atoms with van der Waals surface area (Å²) in [5.41, 5.74) is 2.48. The van der Waals surface area contributed by atoms with E-state index in [1.807, 2.05) is 19.1 Å². The number of ether oxygens (including phenoxy) is 2. The third-order valence-electron chi connectivity index (χ3n) is 3.17. The van der Waals surface area contributed by atoms with Crippen LogP contribution < -0.4 is 9.47 Å². The molecule has 1 N–H and O–H groups in total. The Hall–Kier alpha value is -2.02. The molecule has 20 heavy (non-hydrogen) atoms. The number of carbonyl (C=O) groups is 1. The van der Waals surface area contributed by atoms with Crippen molar-refractivity contribution < 1.29 is 19.4 Å². The number of carboxylic acid groups (broad SMARTS) is 1. The summed E-state index contributed by atoms with van der Waals surface area (Å²) < 4.78 is 12.7. The van der Waals surface area contributed by atoms with E-state index in [9.17, 15) is 4.79 Å². The standard InChI is InChI=1S/C13H11BrN2O4/c1-6-3-8-9(20-5-19-8)4-7(6)12-10(14)11(13(17)18)15-16(12)2/h3-4H,5H2,1-2H3,(H,17,18). The first-order valence-corrected chi connectivity index (χ1v) is 6.64. The molecule has 1 aliphatic heterocycles. The van der Waals surface area contributed by atoms with E-state index < -0.39 is 5.97 Å². The second kappa shape index (κ2) is 4.52. The maximum Gasteiger partial charge on any atom is 0.357 e. The SMILES string of the molecule is Cc1cc2c(cc1-c1c(Br)c(C(=O)O)nn1C)OCO2. The van der Waals surface area contributed by atoms with Gasteiger partial charge in [-0.1, -0.05) is 0 Å². The van der Waals surface area contributed by atoms with Crippen molar-refractivity contribution in [3.05, 3.63) is 27.9 Å². The van der Waals surface area contributed by atoms with Crippen molar-refractivity contribution in [2.24, 2.45) is 7.05 Å². The number of aryl methyl sites for hydroxylation is 2. The normalized spacial score (nSPS) is 12.8. The first kappa shape index (κ1) is 13.0. The summed E-state index contributed by atoms with van der Waals surface area (Å²) in [6.45, 7) is 2.13. The fourth-order valence-corrected chi connectivity index (χ4v) is 2.95. The Bertz CT molecular complexity index is 724. The molecule has 0 saturated carbocycles. The van der Waals surface area contributed by atoms with Gasteiger partial charge in [0.25, 0.3) is 0 Å². The van der Waals surface area contributed by atoms with Crippen molar-refractivity contribution in [3.63, 3.8) is 0 Å². The second-order valence-electron chi connectivity index (χ2n) is 4.46. The minimum absolute atomic E-state index is 0.0143. The Morgan fingerprint density at radius 2 is 2.05 bits per heavy atom. The number of carboxylic acids is 1. The highest BCUT2D eigenvalue weighted by molar-refractivity contribution is 9.10. The smallest absolute Gasteiger partial charge is 0.357 e. The molecule has 3 rings (SSSR count). The molecule has 0 aliphatic carbocycles. The van der Waals surface area contributed by atoms with Gasteiger partial charge in [-0.25, -0.2) is 4.79 Å². The maximum atomic E-state index is 11.1. The third-order valence-corrected chi connectivity index (χ3v) is 3.92. The molecule has 0 fully saturated rings. The first-order valence-electron chi connectivity index (χ1n) is 5.85. The van der Waals surface area contributed by atoms with Crippen LogP contribution in [0.25, 0.3) is 11.3 Å². The van der Waals surface area contributed by atoms with Crippen LogP contribution >= 0.6 is 15.9 Å². The van der Waals surface area contributed by atoms with Crippen LogP contribution in [0.5, 0.6) is 11.5 Å². The molecule has 0 amide bonds. The van der Waals surface area contributed by atoms with Gasteiger partial charge in [-0.05, 0) is 40.5 Å². The van der Waals surface area contributed by atoms with E-state index in [1.54, 1.807) is 7.05 Å². The number of hydrogen-bond donors (Lipinski definition) is 1. The molecule has 104 valence electrons. The molecule has 0 saturated heterocycles. The number of aromatic carboxylic acids is 1. The number of aromatic nitrogens is 2. The molecule has 0 unspecified atom stereocenters. The zero-order valence-corrected chi connectivity index (χ0v) is 12.4. The summed E-state index contributed by atoms with van der Waals surface area (Å²) in [7, 11) is 1.70. The molecule has 0 atom stereocenters. The van der Waals surface area contributed by atoms with Crippen molar-refractivity contribution in [2.45, 2.75) is 6.92 Å². The highest BCUT2D eigenvalue weighted by Crippen LogP contribution is 2.40. The first-order chi connectivity index (χ1) is 9.49. The Kier molecular flexibility index (Phi) is 2.93. The van der Waals surface area contributed by atoms with Crippen LogP contribution in [-0.2, 0) is 7.05 Å². The Labute approximate surface area is 123 Å². The van der Waals surface area contributed by atoms with Crippen molar-refractivity contribution in [1.82, 2.24) is 9.78 Å². The van der Waals surface area contributed by atoms with Crippen LogP contribution in [0.3, 0.4) is 0 Å². The van der Waals surface area contributed by atoms with Crippen LogP contribution in [0.15, 0.2) is 16.6 Å². The van der Waals surface area contributed by atoms with Gasteiger partial charge < -0.3 is 14.6 Å². The molecule has 7 heteroatoms. The van der Waals surface area contributed by atoms with Gasteiger partial charge in [0.2, 0.25) is 6.79 Å². The molecule has 1 aliphatic rings. The summed E-state index contributed by atoms with van der Waals surface area (Å²) in [4.78, 5) is 11.1. The van der Waals surface area contributed by atoms with E-state index in [4.69, 9.17) is 14.6 Å². The average Bonchev–Trinajstić information content (AvgIpc) is 2.93. The van der Waals surface area contributed by atoms with E-state index in [1.165, 1.54) is 4.68 Å². The highest BCUT2D eigenvalue weighted by Gasteiger charge is 2.24. The molecular formula is C13H11BrN2O4.